The van der Waals surface area contributed by atoms with E-state index in [0.29, 0.717) is 49.9 Å². The van der Waals surface area contributed by atoms with Crippen LogP contribution >= 0.6 is 0 Å². The first-order valence-electron chi connectivity index (χ1n) is 10.0. The van der Waals surface area contributed by atoms with Crippen LogP contribution in [0.5, 0.6) is 0 Å². The van der Waals surface area contributed by atoms with Gasteiger partial charge in [-0.3, -0.25) is 9.78 Å². The Morgan fingerprint density at radius 1 is 1.06 bits per heavy atom. The molecule has 0 aliphatic heterocycles. The van der Waals surface area contributed by atoms with E-state index in [9.17, 15) is 9.18 Å². The average Bonchev–Trinajstić information content (AvgIpc) is 2.79. The zero-order valence-electron chi connectivity index (χ0n) is 17.4. The summed E-state index contributed by atoms with van der Waals surface area (Å²) in [5.74, 6) is 0.583. The van der Waals surface area contributed by atoms with E-state index >= 15 is 0 Å². The van der Waals surface area contributed by atoms with Crippen molar-refractivity contribution in [2.24, 2.45) is 0 Å². The molecule has 162 valence electrons. The maximum Gasteiger partial charge on any atom is 0.255 e. The molecule has 2 heterocycles. The van der Waals surface area contributed by atoms with E-state index in [-0.39, 0.29) is 11.7 Å². The highest BCUT2D eigenvalue weighted by Crippen LogP contribution is 2.17. The smallest absolute Gasteiger partial charge is 0.255 e. The number of carbonyl (C=O) groups excluding carboxylic acids is 1. The number of rotatable bonds is 11. The van der Waals surface area contributed by atoms with Crippen molar-refractivity contribution in [1.82, 2.24) is 15.3 Å². The molecule has 31 heavy (non-hydrogen) atoms. The van der Waals surface area contributed by atoms with Gasteiger partial charge >= 0.3 is 0 Å². The molecule has 2 aromatic heterocycles. The monoisotopic (exact) mass is 423 g/mol. The molecule has 0 saturated carbocycles. The summed E-state index contributed by atoms with van der Waals surface area (Å²) < 4.78 is 18.5. The predicted molar refractivity (Wildman–Crippen MR) is 119 cm³/mol. The van der Waals surface area contributed by atoms with Gasteiger partial charge in [-0.05, 0) is 47.9 Å². The molecule has 7 nitrogen and oxygen atoms in total. The number of carbonyl (C=O) groups is 1. The lowest BCUT2D eigenvalue weighted by Gasteiger charge is -2.14. The van der Waals surface area contributed by atoms with Crippen LogP contribution in [0.15, 0.2) is 60.9 Å². The number of aromatic nitrogens is 2. The molecule has 0 unspecified atom stereocenters. The highest BCUT2D eigenvalue weighted by Gasteiger charge is 2.14. The van der Waals surface area contributed by atoms with Gasteiger partial charge in [-0.15, -0.1) is 0 Å². The number of methoxy groups -OCH3 is 1. The minimum absolute atomic E-state index is 0.243. The van der Waals surface area contributed by atoms with Gasteiger partial charge in [0.25, 0.3) is 5.91 Å². The number of hydrogen-bond donors (Lipinski definition) is 3. The number of hydrogen-bond acceptors (Lipinski definition) is 6. The van der Waals surface area contributed by atoms with Crippen LogP contribution in [0.25, 0.3) is 0 Å². The Balaban J connectivity index is 1.69. The normalized spacial score (nSPS) is 10.5. The molecular formula is C23H26FN5O2. The third-order valence-electron chi connectivity index (χ3n) is 4.52. The van der Waals surface area contributed by atoms with Crippen LogP contribution < -0.4 is 16.0 Å². The largest absolute Gasteiger partial charge is 0.383 e. The molecule has 0 aliphatic rings. The maximum absolute atomic E-state index is 13.4. The van der Waals surface area contributed by atoms with Crippen molar-refractivity contribution in [1.29, 1.82) is 0 Å². The van der Waals surface area contributed by atoms with Crippen molar-refractivity contribution < 1.29 is 13.9 Å². The van der Waals surface area contributed by atoms with Crippen LogP contribution in [-0.4, -0.2) is 42.7 Å². The highest BCUT2D eigenvalue weighted by molar-refractivity contribution is 5.99. The van der Waals surface area contributed by atoms with E-state index in [1.54, 1.807) is 37.7 Å². The van der Waals surface area contributed by atoms with Crippen LogP contribution in [0.2, 0.25) is 0 Å². The van der Waals surface area contributed by atoms with E-state index in [1.807, 2.05) is 18.2 Å². The number of pyridine rings is 2. The number of nitrogens with zero attached hydrogens (tertiary/aromatic N) is 2. The summed E-state index contributed by atoms with van der Waals surface area (Å²) in [5, 5.41) is 9.27. The molecule has 8 heteroatoms. The molecule has 0 atom stereocenters. The zero-order valence-corrected chi connectivity index (χ0v) is 17.4. The van der Waals surface area contributed by atoms with E-state index in [4.69, 9.17) is 4.74 Å². The Labute approximate surface area is 181 Å². The molecular weight excluding hydrogens is 397 g/mol. The third-order valence-corrected chi connectivity index (χ3v) is 4.52. The topological polar surface area (TPSA) is 88.2 Å². The van der Waals surface area contributed by atoms with Crippen LogP contribution in [0.4, 0.5) is 16.0 Å². The first-order valence-corrected chi connectivity index (χ1v) is 10.0. The van der Waals surface area contributed by atoms with Gasteiger partial charge in [0.2, 0.25) is 0 Å². The molecule has 1 amide bonds. The van der Waals surface area contributed by atoms with Gasteiger partial charge in [0.05, 0.1) is 12.2 Å². The van der Waals surface area contributed by atoms with Crippen molar-refractivity contribution in [2.45, 2.75) is 13.0 Å². The Bertz CT molecular complexity index is 985. The molecule has 3 N–H and O–H groups in total. The van der Waals surface area contributed by atoms with Crippen LogP contribution in [0.3, 0.4) is 0 Å². The molecule has 0 fully saturated rings. The van der Waals surface area contributed by atoms with Gasteiger partial charge in [0, 0.05) is 39.1 Å². The number of benzene rings is 1. The van der Waals surface area contributed by atoms with Gasteiger partial charge in [-0.25, -0.2) is 9.37 Å². The minimum Gasteiger partial charge on any atom is -0.383 e. The summed E-state index contributed by atoms with van der Waals surface area (Å²) in [6.45, 7) is 2.00. The van der Waals surface area contributed by atoms with Crippen molar-refractivity contribution >= 4 is 17.5 Å². The zero-order chi connectivity index (χ0) is 21.9. The molecule has 0 aliphatic carbocycles. The van der Waals surface area contributed by atoms with E-state index in [0.717, 1.165) is 11.1 Å². The molecule has 0 radical (unpaired) electrons. The molecule has 0 bridgehead atoms. The number of amides is 1. The number of ether oxygens (including phenoxy) is 1. The highest BCUT2D eigenvalue weighted by atomic mass is 19.1. The Kier molecular flexibility index (Phi) is 8.30. The lowest BCUT2D eigenvalue weighted by Crippen LogP contribution is -2.25. The fourth-order valence-electron chi connectivity index (χ4n) is 2.95. The fraction of sp³-hybridized carbons (Fsp3) is 0.261. The lowest BCUT2D eigenvalue weighted by atomic mass is 10.1. The third kappa shape index (κ3) is 7.04. The van der Waals surface area contributed by atoms with Gasteiger partial charge in [-0.2, -0.15) is 0 Å². The molecule has 1 aromatic carbocycles. The average molecular weight is 423 g/mol. The summed E-state index contributed by atoms with van der Waals surface area (Å²) in [6, 6.07) is 13.7. The lowest BCUT2D eigenvalue weighted by molar-refractivity contribution is 0.0951. The second kappa shape index (κ2) is 11.6. The summed E-state index contributed by atoms with van der Waals surface area (Å²) in [7, 11) is 1.63. The van der Waals surface area contributed by atoms with Crippen molar-refractivity contribution in [3.05, 3.63) is 83.4 Å². The second-order valence-electron chi connectivity index (χ2n) is 6.86. The standard InChI is InChI=1S/C23H26FN5O2/c1-31-13-12-26-21-8-7-20(23(30)28-16-18-5-3-10-25-15-18)22(29-21)27-11-9-17-4-2-6-19(24)14-17/h2-8,10,14-15H,9,11-13,16H2,1H3,(H,28,30)(H2,26,27,29). The van der Waals surface area contributed by atoms with E-state index < -0.39 is 0 Å². The molecule has 0 spiro atoms. The van der Waals surface area contributed by atoms with Crippen molar-refractivity contribution in [3.63, 3.8) is 0 Å². The number of halogens is 1. The quantitative estimate of drug-likeness (QED) is 0.411. The Morgan fingerprint density at radius 3 is 2.71 bits per heavy atom. The summed E-state index contributed by atoms with van der Waals surface area (Å²) >= 11 is 0. The number of nitrogens with one attached hydrogen (secondary N) is 3. The molecule has 3 rings (SSSR count). The van der Waals surface area contributed by atoms with E-state index in [2.05, 4.69) is 25.9 Å². The minimum atomic E-state index is -0.268. The summed E-state index contributed by atoms with van der Waals surface area (Å²) in [6.07, 6.45) is 3.99. The van der Waals surface area contributed by atoms with Gasteiger partial charge in [0.15, 0.2) is 0 Å². The van der Waals surface area contributed by atoms with Crippen LogP contribution in [-0.2, 0) is 17.7 Å². The fourth-order valence-corrected chi connectivity index (χ4v) is 2.95. The Hall–Kier alpha value is -3.52. The van der Waals surface area contributed by atoms with Crippen LogP contribution in [0, 0.1) is 5.82 Å². The van der Waals surface area contributed by atoms with Crippen molar-refractivity contribution in [3.8, 4) is 0 Å². The Morgan fingerprint density at radius 2 is 1.94 bits per heavy atom. The SMILES string of the molecule is COCCNc1ccc(C(=O)NCc2cccnc2)c(NCCc2cccc(F)c2)n1. The van der Waals surface area contributed by atoms with Gasteiger partial charge in [-0.1, -0.05) is 18.2 Å². The summed E-state index contributed by atoms with van der Waals surface area (Å²) in [5.41, 5.74) is 2.20. The predicted octanol–water partition coefficient (Wildman–Crippen LogP) is 3.26. The molecule has 3 aromatic rings. The number of anilines is 2. The van der Waals surface area contributed by atoms with Crippen LogP contribution in [0.1, 0.15) is 21.5 Å². The van der Waals surface area contributed by atoms with Crippen molar-refractivity contribution in [2.75, 3.05) is 37.4 Å². The van der Waals surface area contributed by atoms with E-state index in [1.165, 1.54) is 12.1 Å². The van der Waals surface area contributed by atoms with Gasteiger partial charge in [0.1, 0.15) is 17.5 Å². The first kappa shape index (κ1) is 22.2. The van der Waals surface area contributed by atoms with Gasteiger partial charge < -0.3 is 20.7 Å². The second-order valence-corrected chi connectivity index (χ2v) is 6.86. The first-order chi connectivity index (χ1) is 15.2. The molecule has 0 saturated heterocycles. The summed E-state index contributed by atoms with van der Waals surface area (Å²) in [4.78, 5) is 21.4. The maximum atomic E-state index is 13.4.